The first-order valence-electron chi connectivity index (χ1n) is 12.2. The van der Waals surface area contributed by atoms with Crippen molar-refractivity contribution >= 4 is 25.0 Å². The zero-order valence-corrected chi connectivity index (χ0v) is 27.0. The summed E-state index contributed by atoms with van der Waals surface area (Å²) in [5.74, 6) is 0. The van der Waals surface area contributed by atoms with Crippen molar-refractivity contribution in [3.63, 3.8) is 0 Å². The zero-order valence-electron chi connectivity index (χ0n) is 24.0. The van der Waals surface area contributed by atoms with Crippen molar-refractivity contribution in [1.29, 1.82) is 0 Å². The van der Waals surface area contributed by atoms with E-state index in [9.17, 15) is 5.11 Å². The average molecular weight is 507 g/mol. The lowest BCUT2D eigenvalue weighted by molar-refractivity contribution is -0.267. The van der Waals surface area contributed by atoms with Crippen LogP contribution in [0.2, 0.25) is 54.4 Å². The molecule has 32 heavy (non-hydrogen) atoms. The third kappa shape index (κ3) is 6.77. The summed E-state index contributed by atoms with van der Waals surface area (Å²) in [6.07, 6.45) is -2.56. The number of hydrogen-bond donors (Lipinski definition) is 1. The van der Waals surface area contributed by atoms with Crippen LogP contribution in [0.5, 0.6) is 0 Å². The van der Waals surface area contributed by atoms with Crippen molar-refractivity contribution in [3.05, 3.63) is 0 Å². The van der Waals surface area contributed by atoms with Crippen LogP contribution in [0.3, 0.4) is 0 Å². The van der Waals surface area contributed by atoms with Crippen LogP contribution in [0.1, 0.15) is 69.2 Å². The summed E-state index contributed by atoms with van der Waals surface area (Å²) in [4.78, 5) is 0. The molecule has 0 bridgehead atoms. The molecule has 1 aliphatic rings. The van der Waals surface area contributed by atoms with Crippen LogP contribution in [-0.2, 0) is 18.0 Å². The molecule has 0 unspecified atom stereocenters. The van der Waals surface area contributed by atoms with E-state index >= 15 is 0 Å². The summed E-state index contributed by atoms with van der Waals surface area (Å²) in [7, 11) is -6.48. The summed E-state index contributed by atoms with van der Waals surface area (Å²) < 4.78 is 26.8. The number of rotatable bonds is 6. The molecule has 0 aromatic rings. The Morgan fingerprint density at radius 3 is 1.16 bits per heavy atom. The highest BCUT2D eigenvalue weighted by atomic mass is 28.4. The molecule has 1 fully saturated rings. The Morgan fingerprint density at radius 2 is 0.844 bits per heavy atom. The van der Waals surface area contributed by atoms with E-state index in [2.05, 4.69) is 102 Å². The Bertz CT molecular complexity index is 589. The van der Waals surface area contributed by atoms with Gasteiger partial charge in [-0.3, -0.25) is 0 Å². The van der Waals surface area contributed by atoms with Gasteiger partial charge in [0, 0.05) is 0 Å². The average Bonchev–Trinajstić information content (AvgIpc) is 2.51. The number of hydrogen-bond acceptors (Lipinski definition) is 5. The largest absolute Gasteiger partial charge is 0.409 e. The second kappa shape index (κ2) is 9.48. The molecule has 5 atom stereocenters. The van der Waals surface area contributed by atoms with E-state index in [-0.39, 0.29) is 33.4 Å². The molecule has 0 saturated carbocycles. The molecule has 1 rings (SSSR count). The van der Waals surface area contributed by atoms with Crippen molar-refractivity contribution in [2.75, 3.05) is 0 Å². The van der Waals surface area contributed by atoms with Crippen molar-refractivity contribution in [3.8, 4) is 0 Å². The smallest absolute Gasteiger partial charge is 0.192 e. The van der Waals surface area contributed by atoms with E-state index in [1.165, 1.54) is 0 Å². The Morgan fingerprint density at radius 1 is 0.562 bits per heavy atom. The van der Waals surface area contributed by atoms with Gasteiger partial charge in [-0.15, -0.1) is 0 Å². The molecule has 1 N–H and O–H groups in total. The van der Waals surface area contributed by atoms with Crippen LogP contribution in [0.25, 0.3) is 0 Å². The number of aliphatic hydroxyl groups excluding tert-OH is 1. The minimum Gasteiger partial charge on any atom is -0.409 e. The predicted molar refractivity (Wildman–Crippen MR) is 143 cm³/mol. The molecular weight excluding hydrogens is 453 g/mol. The van der Waals surface area contributed by atoms with Crippen LogP contribution in [-0.4, -0.2) is 60.8 Å². The van der Waals surface area contributed by atoms with Gasteiger partial charge in [-0.25, -0.2) is 0 Å². The van der Waals surface area contributed by atoms with Crippen LogP contribution >= 0.6 is 0 Å². The van der Waals surface area contributed by atoms with Gasteiger partial charge in [0.25, 0.3) is 0 Å². The first kappa shape index (κ1) is 30.5. The monoisotopic (exact) mass is 506 g/mol. The lowest BCUT2D eigenvalue weighted by Gasteiger charge is -2.53. The SMILES string of the molecule is C[C@H]1O[C@H](O)[C@H](O[Si](C)(C)C(C)(C)C)[C@@H](O[Si](C)(C)C(C)(C)C)[C@@H]1O[Si](C)(C)C(C)(C)C. The van der Waals surface area contributed by atoms with Gasteiger partial charge in [-0.1, -0.05) is 62.3 Å². The molecule has 1 saturated heterocycles. The van der Waals surface area contributed by atoms with Gasteiger partial charge in [-0.2, -0.15) is 0 Å². The van der Waals surface area contributed by atoms with E-state index in [1.807, 2.05) is 6.92 Å². The summed E-state index contributed by atoms with van der Waals surface area (Å²) in [5, 5.41) is 11.2. The lowest BCUT2D eigenvalue weighted by atomic mass is 10.0. The minimum absolute atomic E-state index is 0.00703. The van der Waals surface area contributed by atoms with E-state index in [4.69, 9.17) is 18.0 Å². The first-order valence-corrected chi connectivity index (χ1v) is 20.9. The van der Waals surface area contributed by atoms with E-state index in [0.717, 1.165) is 0 Å². The van der Waals surface area contributed by atoms with Crippen LogP contribution in [0.4, 0.5) is 0 Å². The van der Waals surface area contributed by atoms with Gasteiger partial charge in [-0.05, 0) is 61.3 Å². The van der Waals surface area contributed by atoms with Crippen molar-refractivity contribution in [2.24, 2.45) is 0 Å². The van der Waals surface area contributed by atoms with Crippen molar-refractivity contribution < 1.29 is 23.1 Å². The fourth-order valence-corrected chi connectivity index (χ4v) is 6.91. The van der Waals surface area contributed by atoms with Gasteiger partial charge in [0.05, 0.1) is 12.2 Å². The number of ether oxygens (including phenoxy) is 1. The Labute approximate surface area is 202 Å². The second-order valence-corrected chi connectivity index (χ2v) is 28.5. The summed E-state index contributed by atoms with van der Waals surface area (Å²) in [5.41, 5.74) is 0. The summed E-state index contributed by atoms with van der Waals surface area (Å²) in [6.45, 7) is 35.6. The maximum absolute atomic E-state index is 11.1. The maximum atomic E-state index is 11.1. The lowest BCUT2D eigenvalue weighted by Crippen LogP contribution is -2.66. The zero-order chi connectivity index (χ0) is 25.7. The number of aliphatic hydroxyl groups is 1. The van der Waals surface area contributed by atoms with Crippen LogP contribution < -0.4 is 0 Å². The molecule has 0 amide bonds. The molecule has 0 aromatic carbocycles. The topological polar surface area (TPSA) is 57.2 Å². The molecule has 0 radical (unpaired) electrons. The molecule has 1 heterocycles. The highest BCUT2D eigenvalue weighted by molar-refractivity contribution is 6.75. The fourth-order valence-electron chi connectivity index (χ4n) is 2.96. The third-order valence-electron chi connectivity index (χ3n) is 8.46. The summed E-state index contributed by atoms with van der Waals surface area (Å²) >= 11 is 0. The molecule has 192 valence electrons. The Hall–Kier alpha value is 0.451. The van der Waals surface area contributed by atoms with E-state index in [0.29, 0.717) is 0 Å². The van der Waals surface area contributed by atoms with Gasteiger partial charge < -0.3 is 23.1 Å². The normalized spacial score (nSPS) is 29.3. The fraction of sp³-hybridized carbons (Fsp3) is 1.00. The van der Waals surface area contributed by atoms with Crippen LogP contribution in [0.15, 0.2) is 0 Å². The van der Waals surface area contributed by atoms with Crippen molar-refractivity contribution in [1.82, 2.24) is 0 Å². The molecule has 5 nitrogen and oxygen atoms in total. The maximum Gasteiger partial charge on any atom is 0.192 e. The quantitative estimate of drug-likeness (QED) is 0.397. The molecule has 1 aliphatic heterocycles. The van der Waals surface area contributed by atoms with Gasteiger partial charge in [0.15, 0.2) is 31.2 Å². The molecule has 0 aliphatic carbocycles. The predicted octanol–water partition coefficient (Wildman–Crippen LogP) is 6.89. The van der Waals surface area contributed by atoms with Gasteiger partial charge >= 0.3 is 0 Å². The van der Waals surface area contributed by atoms with E-state index < -0.39 is 37.3 Å². The molecule has 0 spiro atoms. The molecule has 8 heteroatoms. The van der Waals surface area contributed by atoms with Crippen molar-refractivity contribution in [2.45, 2.75) is 154 Å². The van der Waals surface area contributed by atoms with E-state index in [1.54, 1.807) is 0 Å². The highest BCUT2D eigenvalue weighted by Gasteiger charge is 2.55. The van der Waals surface area contributed by atoms with Gasteiger partial charge in [0.1, 0.15) is 12.2 Å². The van der Waals surface area contributed by atoms with Gasteiger partial charge in [0.2, 0.25) is 0 Å². The van der Waals surface area contributed by atoms with Crippen LogP contribution in [0, 0.1) is 0 Å². The third-order valence-corrected chi connectivity index (χ3v) is 21.9. The Balaban J connectivity index is 3.51. The molecular formula is C24H54O5Si3. The highest BCUT2D eigenvalue weighted by Crippen LogP contribution is 2.45. The first-order chi connectivity index (χ1) is 13.8. The summed E-state index contributed by atoms with van der Waals surface area (Å²) in [6, 6.07) is 0. The molecule has 0 aromatic heterocycles. The standard InChI is InChI=1S/C24H54O5Si3/c1-17-18(27-30(11,12)22(2,3)4)19(28-31(13,14)23(5,6)7)20(21(25)26-17)29-32(15,16)24(8,9)10/h17-21,25H,1-16H3/t17-,18-,19+,20-,21+/m1/s1. The second-order valence-electron chi connectivity index (χ2n) is 14.3. The Kier molecular flexibility index (Phi) is 9.03. The minimum atomic E-state index is -2.19.